The fraction of sp³-hybridized carbons (Fsp3) is 0.217. The lowest BCUT2D eigenvalue weighted by atomic mass is 10.1. The van der Waals surface area contributed by atoms with Crippen LogP contribution in [0.5, 0.6) is 5.75 Å². The van der Waals surface area contributed by atoms with Gasteiger partial charge >= 0.3 is 12.1 Å². The quantitative estimate of drug-likeness (QED) is 0.460. The molecule has 174 valence electrons. The van der Waals surface area contributed by atoms with E-state index in [1.807, 2.05) is 31.5 Å². The van der Waals surface area contributed by atoms with Crippen molar-refractivity contribution in [3.63, 3.8) is 0 Å². The Bertz CT molecular complexity index is 1140. The van der Waals surface area contributed by atoms with Crippen LogP contribution < -0.4 is 10.1 Å². The molecule has 1 aromatic heterocycles. The fourth-order valence-corrected chi connectivity index (χ4v) is 3.39. The van der Waals surface area contributed by atoms with Crippen molar-refractivity contribution >= 4 is 33.7 Å². The topological polar surface area (TPSA) is 76.4 Å². The van der Waals surface area contributed by atoms with Crippen molar-refractivity contribution in [3.05, 3.63) is 81.9 Å². The molecule has 0 radical (unpaired) electrons. The molecule has 33 heavy (non-hydrogen) atoms. The van der Waals surface area contributed by atoms with E-state index in [4.69, 9.17) is 14.6 Å². The number of aromatic nitrogens is 2. The van der Waals surface area contributed by atoms with Crippen LogP contribution >= 0.6 is 15.9 Å². The first-order chi connectivity index (χ1) is 15.6. The maximum absolute atomic E-state index is 10.6. The molecular weight excluding hydrogens is 503 g/mol. The lowest BCUT2D eigenvalue weighted by Gasteiger charge is -2.19. The number of aliphatic carboxylic acids is 1. The molecule has 0 saturated heterocycles. The van der Waals surface area contributed by atoms with Crippen LogP contribution in [0.4, 0.5) is 18.9 Å². The molecule has 2 aromatic carbocycles. The zero-order valence-corrected chi connectivity index (χ0v) is 19.2. The number of carbonyl (C=O) groups is 1. The van der Waals surface area contributed by atoms with Gasteiger partial charge in [-0.25, -0.2) is 9.78 Å². The maximum atomic E-state index is 10.6. The Morgan fingerprint density at radius 3 is 2.55 bits per heavy atom. The summed E-state index contributed by atoms with van der Waals surface area (Å²) in [6.07, 6.45) is 0.960. The molecule has 0 atom stereocenters. The molecule has 0 bridgehead atoms. The van der Waals surface area contributed by atoms with Crippen LogP contribution in [0.2, 0.25) is 0 Å². The monoisotopic (exact) mass is 523 g/mol. The fourth-order valence-electron chi connectivity index (χ4n) is 3.01. The molecule has 1 aliphatic heterocycles. The molecule has 2 heterocycles. The number of hydrogen-bond donors (Lipinski definition) is 2. The lowest BCUT2D eigenvalue weighted by Crippen LogP contribution is -2.21. The smallest absolute Gasteiger partial charge is 0.489 e. The van der Waals surface area contributed by atoms with Crippen LogP contribution in [0.3, 0.4) is 0 Å². The van der Waals surface area contributed by atoms with Crippen molar-refractivity contribution in [2.24, 2.45) is 0 Å². The average molecular weight is 524 g/mol. The van der Waals surface area contributed by atoms with Crippen molar-refractivity contribution in [1.29, 1.82) is 0 Å². The van der Waals surface area contributed by atoms with Gasteiger partial charge in [0.05, 0.1) is 0 Å². The predicted molar refractivity (Wildman–Crippen MR) is 122 cm³/mol. The third kappa shape index (κ3) is 7.11. The largest absolute Gasteiger partial charge is 0.490 e. The number of anilines is 1. The highest BCUT2D eigenvalue weighted by molar-refractivity contribution is 9.10. The van der Waals surface area contributed by atoms with Gasteiger partial charge in [-0.05, 0) is 54.5 Å². The molecule has 6 nitrogen and oxygen atoms in total. The molecule has 0 saturated carbocycles. The van der Waals surface area contributed by atoms with Crippen molar-refractivity contribution in [3.8, 4) is 5.75 Å². The summed E-state index contributed by atoms with van der Waals surface area (Å²) >= 11 is 3.51. The molecule has 0 amide bonds. The molecule has 0 unspecified atom stereocenters. The molecule has 4 rings (SSSR count). The maximum Gasteiger partial charge on any atom is 0.490 e. The Kier molecular flexibility index (Phi) is 7.80. The number of imidazole rings is 1. The van der Waals surface area contributed by atoms with Crippen LogP contribution in [-0.4, -0.2) is 40.0 Å². The Labute approximate surface area is 196 Å². The highest BCUT2D eigenvalue weighted by Gasteiger charge is 2.38. The number of nitrogens with zero attached hydrogens (tertiary/aromatic N) is 2. The van der Waals surface area contributed by atoms with Gasteiger partial charge in [0.15, 0.2) is 0 Å². The highest BCUT2D eigenvalue weighted by atomic mass is 79.9. The zero-order chi connectivity index (χ0) is 24.0. The first kappa shape index (κ1) is 24.4. The summed E-state index contributed by atoms with van der Waals surface area (Å²) in [7, 11) is 0. The highest BCUT2D eigenvalue weighted by Crippen LogP contribution is 2.29. The van der Waals surface area contributed by atoms with Crippen molar-refractivity contribution in [2.75, 3.05) is 18.5 Å². The SMILES string of the molecule is Cc1nccn1Cc1ccc(NCC2=Cc3cc(Br)ccc3OC2)cc1.O=C(O)C(F)(F)F. The number of nitrogens with one attached hydrogen (secondary N) is 1. The van der Waals surface area contributed by atoms with Crippen molar-refractivity contribution < 1.29 is 27.8 Å². The summed E-state index contributed by atoms with van der Waals surface area (Å²) < 4.78 is 40.8. The summed E-state index contributed by atoms with van der Waals surface area (Å²) in [5, 5.41) is 10.6. The summed E-state index contributed by atoms with van der Waals surface area (Å²) in [4.78, 5) is 13.2. The molecule has 0 fully saturated rings. The number of alkyl halides is 3. The van der Waals surface area contributed by atoms with E-state index in [2.05, 4.69) is 67.2 Å². The van der Waals surface area contributed by atoms with E-state index in [0.29, 0.717) is 6.61 Å². The number of aryl methyl sites for hydroxylation is 1. The number of carboxylic acids is 1. The third-order valence-corrected chi connectivity index (χ3v) is 5.23. The van der Waals surface area contributed by atoms with Gasteiger partial charge in [0.2, 0.25) is 0 Å². The predicted octanol–water partition coefficient (Wildman–Crippen LogP) is 5.52. The number of halogens is 4. The Morgan fingerprint density at radius 2 is 1.94 bits per heavy atom. The van der Waals surface area contributed by atoms with Gasteiger partial charge in [0.25, 0.3) is 0 Å². The van der Waals surface area contributed by atoms with Crippen LogP contribution in [0, 0.1) is 6.92 Å². The minimum absolute atomic E-state index is 0.625. The molecule has 0 aliphatic carbocycles. The first-order valence-electron chi connectivity index (χ1n) is 9.84. The van der Waals surface area contributed by atoms with Gasteiger partial charge in [0.1, 0.15) is 18.2 Å². The van der Waals surface area contributed by atoms with Gasteiger partial charge in [-0.1, -0.05) is 28.1 Å². The lowest BCUT2D eigenvalue weighted by molar-refractivity contribution is -0.192. The van der Waals surface area contributed by atoms with Gasteiger partial charge in [-0.2, -0.15) is 13.2 Å². The second kappa shape index (κ2) is 10.6. The van der Waals surface area contributed by atoms with Gasteiger partial charge in [0, 0.05) is 41.2 Å². The second-order valence-corrected chi connectivity index (χ2v) is 8.14. The summed E-state index contributed by atoms with van der Waals surface area (Å²) in [5.74, 6) is -0.785. The average Bonchev–Trinajstić information content (AvgIpc) is 3.17. The number of hydrogen-bond acceptors (Lipinski definition) is 4. The van der Waals surface area contributed by atoms with E-state index in [1.54, 1.807) is 0 Å². The summed E-state index contributed by atoms with van der Waals surface area (Å²) in [5.41, 5.74) is 4.72. The molecule has 3 aromatic rings. The zero-order valence-electron chi connectivity index (χ0n) is 17.6. The Morgan fingerprint density at radius 1 is 1.24 bits per heavy atom. The van der Waals surface area contributed by atoms with Crippen LogP contribution in [0.15, 0.2) is 64.9 Å². The van der Waals surface area contributed by atoms with E-state index in [9.17, 15) is 13.2 Å². The normalized spacial score (nSPS) is 12.6. The molecule has 2 N–H and O–H groups in total. The van der Waals surface area contributed by atoms with Gasteiger partial charge in [-0.3, -0.25) is 0 Å². The van der Waals surface area contributed by atoms with Crippen molar-refractivity contribution in [1.82, 2.24) is 9.55 Å². The summed E-state index contributed by atoms with van der Waals surface area (Å²) in [6, 6.07) is 14.6. The third-order valence-electron chi connectivity index (χ3n) is 4.74. The first-order valence-corrected chi connectivity index (χ1v) is 10.6. The number of ether oxygens (including phenoxy) is 1. The number of carboxylic acid groups (broad SMARTS) is 1. The Balaban J connectivity index is 0.000000383. The van der Waals surface area contributed by atoms with Crippen molar-refractivity contribution in [2.45, 2.75) is 19.6 Å². The van der Waals surface area contributed by atoms with Gasteiger partial charge < -0.3 is 19.7 Å². The van der Waals surface area contributed by atoms with Gasteiger partial charge in [-0.15, -0.1) is 0 Å². The van der Waals surface area contributed by atoms with Crippen LogP contribution in [0.1, 0.15) is 17.0 Å². The van der Waals surface area contributed by atoms with Crippen LogP contribution in [-0.2, 0) is 11.3 Å². The second-order valence-electron chi connectivity index (χ2n) is 7.23. The summed E-state index contributed by atoms with van der Waals surface area (Å²) in [6.45, 7) is 4.26. The minimum Gasteiger partial charge on any atom is -0.489 e. The molecule has 1 aliphatic rings. The van der Waals surface area contributed by atoms with E-state index >= 15 is 0 Å². The molecule has 0 spiro atoms. The molecule has 10 heteroatoms. The number of benzene rings is 2. The van der Waals surface area contributed by atoms with E-state index in [0.717, 1.165) is 40.4 Å². The van der Waals surface area contributed by atoms with E-state index < -0.39 is 12.1 Å². The Hall–Kier alpha value is -3.27. The van der Waals surface area contributed by atoms with Crippen LogP contribution in [0.25, 0.3) is 6.08 Å². The van der Waals surface area contributed by atoms with E-state index in [-0.39, 0.29) is 0 Å². The number of rotatable bonds is 5. The molecular formula is C23H21BrF3N3O3. The minimum atomic E-state index is -5.08. The number of fused-ring (bicyclic) bond motifs is 1. The standard InChI is InChI=1S/C21H20BrN3O.C2HF3O2/c1-15-23-8-9-25(15)13-16-2-5-20(6-3-16)24-12-17-10-18-11-19(22)4-7-21(18)26-14-17;3-2(4,5)1(6)7/h2-11,24H,12-14H2,1H3;(H,6,7). The van der Waals surface area contributed by atoms with E-state index in [1.165, 1.54) is 11.1 Å².